The molecular formula is C12H11FN2S. The van der Waals surface area contributed by atoms with E-state index < -0.39 is 0 Å². The third-order valence-corrected chi connectivity index (χ3v) is 3.63. The highest BCUT2D eigenvalue weighted by Crippen LogP contribution is 2.34. The molecule has 0 unspecified atom stereocenters. The summed E-state index contributed by atoms with van der Waals surface area (Å²) in [5.74, 6) is -0.192. The molecule has 0 spiro atoms. The fourth-order valence-corrected chi connectivity index (χ4v) is 2.89. The van der Waals surface area contributed by atoms with Gasteiger partial charge in [0.25, 0.3) is 0 Å². The largest absolute Gasteiger partial charge is 0.320 e. The second-order valence-corrected chi connectivity index (χ2v) is 4.63. The number of hydrogen-bond donors (Lipinski definition) is 0. The van der Waals surface area contributed by atoms with Gasteiger partial charge in [-0.1, -0.05) is 11.8 Å². The lowest BCUT2D eigenvalue weighted by atomic mass is 10.1. The summed E-state index contributed by atoms with van der Waals surface area (Å²) < 4.78 is 12.8. The van der Waals surface area contributed by atoms with Crippen molar-refractivity contribution in [2.75, 3.05) is 13.1 Å². The van der Waals surface area contributed by atoms with Crippen molar-refractivity contribution in [3.05, 3.63) is 41.1 Å². The van der Waals surface area contributed by atoms with Crippen molar-refractivity contribution in [2.45, 2.75) is 6.42 Å². The summed E-state index contributed by atoms with van der Waals surface area (Å²) in [6.07, 6.45) is 1.09. The molecule has 2 nitrogen and oxygen atoms in total. The van der Waals surface area contributed by atoms with Crippen molar-refractivity contribution in [3.8, 4) is 0 Å². The summed E-state index contributed by atoms with van der Waals surface area (Å²) in [7, 11) is 0. The summed E-state index contributed by atoms with van der Waals surface area (Å²) in [5.41, 5.74) is 2.20. The van der Waals surface area contributed by atoms with Crippen molar-refractivity contribution in [3.63, 3.8) is 0 Å². The van der Waals surface area contributed by atoms with Gasteiger partial charge in [0.1, 0.15) is 5.82 Å². The van der Waals surface area contributed by atoms with Gasteiger partial charge in [0.15, 0.2) is 5.17 Å². The van der Waals surface area contributed by atoms with E-state index in [-0.39, 0.29) is 5.82 Å². The van der Waals surface area contributed by atoms with Crippen LogP contribution in [0, 0.1) is 5.82 Å². The zero-order valence-electron chi connectivity index (χ0n) is 8.69. The zero-order valence-corrected chi connectivity index (χ0v) is 9.51. The fourth-order valence-electron chi connectivity index (χ4n) is 1.93. The standard InChI is InChI=1S/C12H11FN2S/c13-10-4-2-9(3-5-10)11-8-16-12-14-6-1-7-15(11)12/h2-5,8H,1,6-7H2. The van der Waals surface area contributed by atoms with Gasteiger partial charge in [-0.15, -0.1) is 0 Å². The molecule has 0 atom stereocenters. The van der Waals surface area contributed by atoms with Gasteiger partial charge in [-0.25, -0.2) is 4.39 Å². The van der Waals surface area contributed by atoms with E-state index in [1.165, 1.54) is 12.1 Å². The predicted molar refractivity (Wildman–Crippen MR) is 65.6 cm³/mol. The molecule has 4 heteroatoms. The lowest BCUT2D eigenvalue weighted by molar-refractivity contribution is 0.541. The normalized spacial score (nSPS) is 19.2. The Morgan fingerprint density at radius 2 is 2.06 bits per heavy atom. The number of hydrogen-bond acceptors (Lipinski definition) is 3. The van der Waals surface area contributed by atoms with Crippen LogP contribution in [0.15, 0.2) is 34.7 Å². The molecule has 82 valence electrons. The van der Waals surface area contributed by atoms with Crippen LogP contribution in [-0.2, 0) is 0 Å². The van der Waals surface area contributed by atoms with E-state index in [1.54, 1.807) is 11.8 Å². The van der Waals surface area contributed by atoms with Gasteiger partial charge in [-0.05, 0) is 36.2 Å². The molecular weight excluding hydrogens is 223 g/mol. The van der Waals surface area contributed by atoms with Gasteiger partial charge in [0.2, 0.25) is 0 Å². The van der Waals surface area contributed by atoms with Crippen LogP contribution in [0.1, 0.15) is 12.0 Å². The van der Waals surface area contributed by atoms with Crippen LogP contribution < -0.4 is 0 Å². The Kier molecular flexibility index (Phi) is 2.44. The number of amidine groups is 1. The SMILES string of the molecule is Fc1ccc(C2=CSC3=NCCCN23)cc1. The summed E-state index contributed by atoms with van der Waals surface area (Å²) >= 11 is 1.65. The van der Waals surface area contributed by atoms with Gasteiger partial charge in [-0.2, -0.15) is 0 Å². The molecule has 0 fully saturated rings. The van der Waals surface area contributed by atoms with E-state index in [9.17, 15) is 4.39 Å². The second-order valence-electron chi connectivity index (χ2n) is 3.80. The molecule has 2 aliphatic heterocycles. The molecule has 0 N–H and O–H groups in total. The highest BCUT2D eigenvalue weighted by atomic mass is 32.2. The van der Waals surface area contributed by atoms with Crippen LogP contribution >= 0.6 is 11.8 Å². The van der Waals surface area contributed by atoms with Gasteiger partial charge in [-0.3, -0.25) is 4.99 Å². The maximum Gasteiger partial charge on any atom is 0.168 e. The smallest absolute Gasteiger partial charge is 0.168 e. The van der Waals surface area contributed by atoms with E-state index in [0.717, 1.165) is 35.9 Å². The molecule has 3 rings (SSSR count). The lowest BCUT2D eigenvalue weighted by Gasteiger charge is -2.25. The minimum Gasteiger partial charge on any atom is -0.320 e. The Morgan fingerprint density at radius 1 is 1.25 bits per heavy atom. The van der Waals surface area contributed by atoms with Gasteiger partial charge >= 0.3 is 0 Å². The van der Waals surface area contributed by atoms with Crippen LogP contribution in [0.2, 0.25) is 0 Å². The maximum absolute atomic E-state index is 12.8. The lowest BCUT2D eigenvalue weighted by Crippen LogP contribution is -2.28. The molecule has 0 bridgehead atoms. The van der Waals surface area contributed by atoms with Crippen molar-refractivity contribution in [1.82, 2.24) is 4.90 Å². The van der Waals surface area contributed by atoms with Gasteiger partial charge in [0.05, 0.1) is 5.70 Å². The minimum atomic E-state index is -0.192. The molecule has 2 aliphatic rings. The average Bonchev–Trinajstić information content (AvgIpc) is 2.74. The Hall–Kier alpha value is -1.29. The Morgan fingerprint density at radius 3 is 2.88 bits per heavy atom. The van der Waals surface area contributed by atoms with Crippen LogP contribution in [0.25, 0.3) is 5.70 Å². The Labute approximate surface area is 97.9 Å². The quantitative estimate of drug-likeness (QED) is 0.742. The molecule has 0 amide bonds. The number of thioether (sulfide) groups is 1. The van der Waals surface area contributed by atoms with Crippen LogP contribution in [-0.4, -0.2) is 23.2 Å². The van der Waals surface area contributed by atoms with Crippen molar-refractivity contribution < 1.29 is 4.39 Å². The monoisotopic (exact) mass is 234 g/mol. The van der Waals surface area contributed by atoms with Crippen molar-refractivity contribution in [2.24, 2.45) is 4.99 Å². The van der Waals surface area contributed by atoms with Crippen LogP contribution in [0.3, 0.4) is 0 Å². The molecule has 0 aromatic heterocycles. The Bertz CT molecular complexity index is 464. The average molecular weight is 234 g/mol. The second kappa shape index (κ2) is 3.94. The third kappa shape index (κ3) is 1.63. The minimum absolute atomic E-state index is 0.192. The summed E-state index contributed by atoms with van der Waals surface area (Å²) in [4.78, 5) is 6.67. The van der Waals surface area contributed by atoms with E-state index in [2.05, 4.69) is 15.3 Å². The highest BCUT2D eigenvalue weighted by Gasteiger charge is 2.25. The van der Waals surface area contributed by atoms with E-state index in [1.807, 2.05) is 12.1 Å². The first-order valence-corrected chi connectivity index (χ1v) is 6.17. The number of rotatable bonds is 1. The summed E-state index contributed by atoms with van der Waals surface area (Å²) in [5, 5.41) is 3.17. The molecule has 1 aromatic carbocycles. The third-order valence-electron chi connectivity index (χ3n) is 2.72. The molecule has 0 saturated heterocycles. The maximum atomic E-state index is 12.8. The first-order chi connectivity index (χ1) is 7.84. The van der Waals surface area contributed by atoms with E-state index >= 15 is 0 Å². The van der Waals surface area contributed by atoms with Gasteiger partial charge < -0.3 is 4.90 Å². The first kappa shape index (κ1) is 9.90. The summed E-state index contributed by atoms with van der Waals surface area (Å²) in [6, 6.07) is 6.64. The van der Waals surface area contributed by atoms with Crippen molar-refractivity contribution >= 4 is 22.6 Å². The molecule has 0 saturated carbocycles. The molecule has 16 heavy (non-hydrogen) atoms. The molecule has 0 radical (unpaired) electrons. The van der Waals surface area contributed by atoms with E-state index in [0.29, 0.717) is 0 Å². The molecule has 2 heterocycles. The molecule has 1 aromatic rings. The number of benzene rings is 1. The van der Waals surface area contributed by atoms with Crippen LogP contribution in [0.5, 0.6) is 0 Å². The topological polar surface area (TPSA) is 15.6 Å². The molecule has 0 aliphatic carbocycles. The fraction of sp³-hybridized carbons (Fsp3) is 0.250. The Balaban J connectivity index is 1.93. The number of halogens is 1. The number of fused-ring (bicyclic) bond motifs is 1. The van der Waals surface area contributed by atoms with E-state index in [4.69, 9.17) is 0 Å². The number of nitrogens with zero attached hydrogens (tertiary/aromatic N) is 2. The first-order valence-electron chi connectivity index (χ1n) is 5.29. The van der Waals surface area contributed by atoms with Crippen LogP contribution in [0.4, 0.5) is 4.39 Å². The zero-order chi connectivity index (χ0) is 11.0. The summed E-state index contributed by atoms with van der Waals surface area (Å²) in [6.45, 7) is 1.93. The number of aliphatic imine (C=N–C) groups is 1. The van der Waals surface area contributed by atoms with Crippen molar-refractivity contribution in [1.29, 1.82) is 0 Å². The highest BCUT2D eigenvalue weighted by molar-refractivity contribution is 8.16. The predicted octanol–water partition coefficient (Wildman–Crippen LogP) is 2.93. The van der Waals surface area contributed by atoms with Gasteiger partial charge in [0, 0.05) is 18.5 Å².